The van der Waals surface area contributed by atoms with E-state index in [-0.39, 0.29) is 5.91 Å². The number of ether oxygens (including phenoxy) is 2. The van der Waals surface area contributed by atoms with Crippen LogP contribution >= 0.6 is 0 Å². The van der Waals surface area contributed by atoms with Crippen molar-refractivity contribution >= 4 is 29.3 Å². The molecule has 3 aromatic rings. The number of aromatic nitrogens is 2. The summed E-state index contributed by atoms with van der Waals surface area (Å²) in [7, 11) is 0. The summed E-state index contributed by atoms with van der Waals surface area (Å²) in [6, 6.07) is 11.1. The summed E-state index contributed by atoms with van der Waals surface area (Å²) >= 11 is 0. The summed E-state index contributed by atoms with van der Waals surface area (Å²) in [4.78, 5) is 26.2. The third-order valence-corrected chi connectivity index (χ3v) is 7.06. The predicted octanol–water partition coefficient (Wildman–Crippen LogP) is 6.78. The molecule has 9 nitrogen and oxygen atoms in total. The minimum absolute atomic E-state index is 0.228. The first-order valence-corrected chi connectivity index (χ1v) is 14.9. The molecular weight excluding hydrogens is 540 g/mol. The highest BCUT2D eigenvalue weighted by molar-refractivity contribution is 6.03. The van der Waals surface area contributed by atoms with Crippen LogP contribution in [0.2, 0.25) is 0 Å². The van der Waals surface area contributed by atoms with Crippen LogP contribution < -0.4 is 25.8 Å². The Kier molecular flexibility index (Phi) is 11.3. The number of fused-ring (bicyclic) bond motifs is 1. The molecule has 1 amide bonds. The molecule has 1 atom stereocenters. The van der Waals surface area contributed by atoms with Crippen LogP contribution in [0.3, 0.4) is 0 Å². The smallest absolute Gasteiger partial charge is 0.256 e. The van der Waals surface area contributed by atoms with Crippen molar-refractivity contribution in [1.29, 1.82) is 0 Å². The van der Waals surface area contributed by atoms with E-state index in [1.807, 2.05) is 56.5 Å². The Balaban J connectivity index is 1.37. The molecule has 1 unspecified atom stereocenters. The molecule has 3 heterocycles. The van der Waals surface area contributed by atoms with Gasteiger partial charge in [-0.3, -0.25) is 4.79 Å². The van der Waals surface area contributed by atoms with Crippen molar-refractivity contribution in [2.45, 2.75) is 59.9 Å². The molecule has 0 fully saturated rings. The lowest BCUT2D eigenvalue weighted by molar-refractivity contribution is 0.102. The van der Waals surface area contributed by atoms with Gasteiger partial charge in [-0.25, -0.2) is 15.0 Å². The van der Waals surface area contributed by atoms with Crippen molar-refractivity contribution < 1.29 is 14.3 Å². The van der Waals surface area contributed by atoms with Crippen LogP contribution in [-0.2, 0) is 13.0 Å². The van der Waals surface area contributed by atoms with Crippen molar-refractivity contribution in [3.05, 3.63) is 89.0 Å². The lowest BCUT2D eigenvalue weighted by Gasteiger charge is -2.13. The van der Waals surface area contributed by atoms with Gasteiger partial charge in [0.15, 0.2) is 0 Å². The molecule has 1 aliphatic rings. The third kappa shape index (κ3) is 8.91. The number of hydrogen-bond acceptors (Lipinski definition) is 8. The fraction of sp³-hybridized carbons (Fsp3) is 0.353. The first kappa shape index (κ1) is 31.3. The lowest BCUT2D eigenvalue weighted by Crippen LogP contribution is -2.14. The summed E-state index contributed by atoms with van der Waals surface area (Å²) in [5.41, 5.74) is 10.3. The monoisotopic (exact) mass is 582 g/mol. The van der Waals surface area contributed by atoms with E-state index in [1.54, 1.807) is 24.5 Å². The zero-order valence-corrected chi connectivity index (χ0v) is 25.5. The van der Waals surface area contributed by atoms with Gasteiger partial charge < -0.3 is 25.8 Å². The van der Waals surface area contributed by atoms with Crippen LogP contribution in [0.15, 0.2) is 71.8 Å². The highest BCUT2D eigenvalue weighted by Crippen LogP contribution is 2.37. The van der Waals surface area contributed by atoms with Crippen LogP contribution in [0.5, 0.6) is 11.5 Å². The standard InChI is InChI=1S/C34H42N6O3/c1-5-8-23(3)22-43-27-12-13-31(37-20-27)40-34(41)26-11-7-10-25(18-26)19-38-33-28-15-17-42-32(28)29(21-39-33)24(4)14-16-36-30(35)9-6-2/h7,9-14,16,18,20-21,23H,5-6,8,15,17,19,22,35H2,1-4H3,(H,38,39)(H,37,40,41)/b24-14+,30-9+,36-16-. The molecule has 4 rings (SSSR count). The zero-order chi connectivity index (χ0) is 30.6. The molecular formula is C34H42N6O3. The molecule has 1 aromatic carbocycles. The number of benzene rings is 1. The van der Waals surface area contributed by atoms with E-state index in [1.165, 1.54) is 0 Å². The molecule has 0 spiro atoms. The normalized spacial score (nSPS) is 13.9. The molecule has 9 heteroatoms. The Morgan fingerprint density at radius 1 is 1.21 bits per heavy atom. The Morgan fingerprint density at radius 2 is 2.07 bits per heavy atom. The average Bonchev–Trinajstić information content (AvgIpc) is 3.50. The SMILES string of the molecule is CC/C=C(N)/N=C\C=C(/C)c1cnc(NCc2cccc(C(=O)Nc3ccc(OCC(C)CCC)cn3)c2)c2c1OCC2. The van der Waals surface area contributed by atoms with Gasteiger partial charge in [0, 0.05) is 42.1 Å². The first-order valence-electron chi connectivity index (χ1n) is 14.9. The highest BCUT2D eigenvalue weighted by Gasteiger charge is 2.22. The van der Waals surface area contributed by atoms with Gasteiger partial charge in [-0.2, -0.15) is 0 Å². The zero-order valence-electron chi connectivity index (χ0n) is 25.5. The summed E-state index contributed by atoms with van der Waals surface area (Å²) in [5.74, 6) is 3.53. The van der Waals surface area contributed by atoms with Gasteiger partial charge in [0.25, 0.3) is 5.91 Å². The Hall–Kier alpha value is -4.66. The summed E-state index contributed by atoms with van der Waals surface area (Å²) < 4.78 is 11.8. The first-order chi connectivity index (χ1) is 20.9. The number of allylic oxidation sites excluding steroid dienone is 3. The molecule has 0 saturated heterocycles. The van der Waals surface area contributed by atoms with E-state index in [4.69, 9.17) is 20.2 Å². The van der Waals surface area contributed by atoms with E-state index in [9.17, 15) is 4.79 Å². The number of nitrogens with zero attached hydrogens (tertiary/aromatic N) is 3. The number of pyridine rings is 2. The van der Waals surface area contributed by atoms with Gasteiger partial charge in [0.05, 0.1) is 19.4 Å². The molecule has 0 bridgehead atoms. The molecule has 1 aliphatic heterocycles. The third-order valence-electron chi connectivity index (χ3n) is 7.06. The molecule has 226 valence electrons. The lowest BCUT2D eigenvalue weighted by atomic mass is 10.0. The van der Waals surface area contributed by atoms with Crippen molar-refractivity contribution in [3.63, 3.8) is 0 Å². The summed E-state index contributed by atoms with van der Waals surface area (Å²) in [5, 5.41) is 6.30. The fourth-order valence-electron chi connectivity index (χ4n) is 4.76. The number of hydrogen-bond donors (Lipinski definition) is 3. The minimum Gasteiger partial charge on any atom is -0.492 e. The average molecular weight is 583 g/mol. The van der Waals surface area contributed by atoms with Crippen molar-refractivity contribution in [2.75, 3.05) is 23.8 Å². The van der Waals surface area contributed by atoms with Crippen molar-refractivity contribution in [2.24, 2.45) is 16.6 Å². The molecule has 0 aliphatic carbocycles. The summed E-state index contributed by atoms with van der Waals surface area (Å²) in [6.45, 7) is 10.1. The number of carbonyl (C=O) groups excluding carboxylic acids is 1. The second kappa shape index (κ2) is 15.5. The van der Waals surface area contributed by atoms with E-state index in [0.29, 0.717) is 48.6 Å². The van der Waals surface area contributed by atoms with Gasteiger partial charge in [0.1, 0.15) is 29.0 Å². The number of carbonyl (C=O) groups is 1. The van der Waals surface area contributed by atoms with Crippen LogP contribution in [0.25, 0.3) is 5.57 Å². The predicted molar refractivity (Wildman–Crippen MR) is 174 cm³/mol. The van der Waals surface area contributed by atoms with E-state index in [0.717, 1.165) is 59.5 Å². The Morgan fingerprint density at radius 3 is 2.84 bits per heavy atom. The summed E-state index contributed by atoms with van der Waals surface area (Å²) in [6.07, 6.45) is 12.8. The molecule has 0 saturated carbocycles. The molecule has 4 N–H and O–H groups in total. The molecule has 0 radical (unpaired) electrons. The number of nitrogens with one attached hydrogen (secondary N) is 2. The Labute approximate surface area is 254 Å². The second-order valence-corrected chi connectivity index (χ2v) is 10.7. The number of aliphatic imine (C=N–C) groups is 1. The number of rotatable bonds is 14. The van der Waals surface area contributed by atoms with E-state index < -0.39 is 0 Å². The quantitative estimate of drug-likeness (QED) is 0.179. The number of nitrogens with two attached hydrogens (primary N) is 1. The van der Waals surface area contributed by atoms with Crippen molar-refractivity contribution in [3.8, 4) is 11.5 Å². The maximum absolute atomic E-state index is 13.0. The highest BCUT2D eigenvalue weighted by atomic mass is 16.5. The van der Waals surface area contributed by atoms with Gasteiger partial charge in [-0.05, 0) is 73.2 Å². The van der Waals surface area contributed by atoms with Crippen LogP contribution in [0.1, 0.15) is 74.0 Å². The van der Waals surface area contributed by atoms with E-state index >= 15 is 0 Å². The van der Waals surface area contributed by atoms with Gasteiger partial charge >= 0.3 is 0 Å². The number of anilines is 2. The second-order valence-electron chi connectivity index (χ2n) is 10.7. The molecule has 2 aromatic heterocycles. The number of amides is 1. The topological polar surface area (TPSA) is 124 Å². The van der Waals surface area contributed by atoms with Crippen LogP contribution in [0, 0.1) is 5.92 Å². The molecule has 43 heavy (non-hydrogen) atoms. The largest absolute Gasteiger partial charge is 0.492 e. The van der Waals surface area contributed by atoms with Gasteiger partial charge in [-0.1, -0.05) is 39.3 Å². The van der Waals surface area contributed by atoms with Crippen molar-refractivity contribution in [1.82, 2.24) is 9.97 Å². The van der Waals surface area contributed by atoms with Gasteiger partial charge in [0.2, 0.25) is 0 Å². The maximum Gasteiger partial charge on any atom is 0.256 e. The van der Waals surface area contributed by atoms with Crippen LogP contribution in [-0.4, -0.2) is 35.3 Å². The van der Waals surface area contributed by atoms with Crippen LogP contribution in [0.4, 0.5) is 11.6 Å². The fourth-order valence-corrected chi connectivity index (χ4v) is 4.76. The van der Waals surface area contributed by atoms with Gasteiger partial charge in [-0.15, -0.1) is 0 Å². The van der Waals surface area contributed by atoms with E-state index in [2.05, 4.69) is 34.5 Å². The Bertz CT molecular complexity index is 1480. The minimum atomic E-state index is -0.228. The maximum atomic E-state index is 13.0.